The van der Waals surface area contributed by atoms with Gasteiger partial charge < -0.3 is 10.2 Å². The smallest absolute Gasteiger partial charge is 0.242 e. The Kier molecular flexibility index (Phi) is 9.09. The van der Waals surface area contributed by atoms with Gasteiger partial charge in [0.25, 0.3) is 0 Å². The van der Waals surface area contributed by atoms with E-state index in [1.54, 1.807) is 41.3 Å². The van der Waals surface area contributed by atoms with Gasteiger partial charge in [0.1, 0.15) is 6.04 Å². The lowest BCUT2D eigenvalue weighted by Crippen LogP contribution is -2.49. The highest BCUT2D eigenvalue weighted by Crippen LogP contribution is 2.25. The lowest BCUT2D eigenvalue weighted by molar-refractivity contribution is -0.140. The predicted molar refractivity (Wildman–Crippen MR) is 120 cm³/mol. The van der Waals surface area contributed by atoms with Crippen molar-refractivity contribution in [1.82, 2.24) is 10.2 Å². The lowest BCUT2D eigenvalue weighted by atomic mass is 10.1. The molecule has 0 aliphatic rings. The zero-order chi connectivity index (χ0) is 21.6. The Hall–Kier alpha value is -1.46. The van der Waals surface area contributed by atoms with Crippen LogP contribution in [0.4, 0.5) is 0 Å². The van der Waals surface area contributed by atoms with Crippen molar-refractivity contribution in [2.75, 3.05) is 6.54 Å². The molecule has 8 heteroatoms. The standard InChI is InChI=1S/C21H22Cl4N2O2/c1-3-19(21(29)26-4-2)27(12-14-6-8-16(23)18(25)10-14)20(28)11-13-5-7-15(22)17(24)9-13/h5-10,19H,3-4,11-12H2,1-2H3,(H,26,29). The maximum Gasteiger partial charge on any atom is 0.242 e. The number of carbonyl (C=O) groups excluding carboxylic acids is 2. The molecule has 0 aliphatic carbocycles. The molecule has 0 aromatic heterocycles. The molecule has 0 saturated carbocycles. The van der Waals surface area contributed by atoms with Gasteiger partial charge in [0.05, 0.1) is 26.5 Å². The first-order valence-electron chi connectivity index (χ1n) is 9.21. The Labute approximate surface area is 191 Å². The summed E-state index contributed by atoms with van der Waals surface area (Å²) in [4.78, 5) is 27.3. The largest absolute Gasteiger partial charge is 0.355 e. The van der Waals surface area contributed by atoms with Crippen molar-refractivity contribution < 1.29 is 9.59 Å². The normalized spacial score (nSPS) is 11.8. The second-order valence-electron chi connectivity index (χ2n) is 6.51. The van der Waals surface area contributed by atoms with E-state index in [0.29, 0.717) is 38.6 Å². The van der Waals surface area contributed by atoms with Crippen LogP contribution in [-0.4, -0.2) is 29.3 Å². The highest BCUT2D eigenvalue weighted by Gasteiger charge is 2.28. The molecule has 1 atom stereocenters. The number of rotatable bonds is 8. The molecule has 0 fully saturated rings. The molecule has 0 spiro atoms. The first-order chi connectivity index (χ1) is 13.8. The molecule has 2 amide bonds. The fraction of sp³-hybridized carbons (Fsp3) is 0.333. The van der Waals surface area contributed by atoms with Crippen LogP contribution in [0.1, 0.15) is 31.4 Å². The van der Waals surface area contributed by atoms with Crippen LogP contribution < -0.4 is 5.32 Å². The summed E-state index contributed by atoms with van der Waals surface area (Å²) < 4.78 is 0. The Morgan fingerprint density at radius 1 is 0.897 bits per heavy atom. The van der Waals surface area contributed by atoms with Crippen molar-refractivity contribution in [2.24, 2.45) is 0 Å². The van der Waals surface area contributed by atoms with Crippen molar-refractivity contribution in [3.05, 3.63) is 67.6 Å². The molecule has 1 unspecified atom stereocenters. The average molecular weight is 476 g/mol. The molecule has 0 bridgehead atoms. The van der Waals surface area contributed by atoms with Crippen molar-refractivity contribution in [3.63, 3.8) is 0 Å². The van der Waals surface area contributed by atoms with Gasteiger partial charge in [0, 0.05) is 13.1 Å². The van der Waals surface area contributed by atoms with Gasteiger partial charge in [-0.25, -0.2) is 0 Å². The summed E-state index contributed by atoms with van der Waals surface area (Å²) in [6.07, 6.45) is 0.564. The molecule has 4 nitrogen and oxygen atoms in total. The highest BCUT2D eigenvalue weighted by atomic mass is 35.5. The van der Waals surface area contributed by atoms with Crippen LogP contribution in [0.15, 0.2) is 36.4 Å². The number of carbonyl (C=O) groups is 2. The second-order valence-corrected chi connectivity index (χ2v) is 8.14. The lowest BCUT2D eigenvalue weighted by Gasteiger charge is -2.30. The van der Waals surface area contributed by atoms with Gasteiger partial charge in [-0.3, -0.25) is 9.59 Å². The zero-order valence-corrected chi connectivity index (χ0v) is 19.2. The molecule has 0 heterocycles. The van der Waals surface area contributed by atoms with E-state index in [9.17, 15) is 9.59 Å². The van der Waals surface area contributed by atoms with Gasteiger partial charge in [0.15, 0.2) is 0 Å². The van der Waals surface area contributed by atoms with Gasteiger partial charge in [-0.1, -0.05) is 65.5 Å². The first-order valence-corrected chi connectivity index (χ1v) is 10.7. The van der Waals surface area contributed by atoms with Crippen LogP contribution >= 0.6 is 46.4 Å². The van der Waals surface area contributed by atoms with Gasteiger partial charge in [-0.2, -0.15) is 0 Å². The Balaban J connectivity index is 2.32. The summed E-state index contributed by atoms with van der Waals surface area (Å²) in [6, 6.07) is 9.61. The molecular formula is C21H22Cl4N2O2. The second kappa shape index (κ2) is 11.1. The van der Waals surface area contributed by atoms with E-state index in [1.807, 2.05) is 13.8 Å². The number of benzene rings is 2. The van der Waals surface area contributed by atoms with E-state index in [0.717, 1.165) is 5.56 Å². The predicted octanol–water partition coefficient (Wildman–Crippen LogP) is 5.79. The topological polar surface area (TPSA) is 49.4 Å². The number of hydrogen-bond donors (Lipinski definition) is 1. The molecular weight excluding hydrogens is 454 g/mol. The Morgan fingerprint density at radius 2 is 1.45 bits per heavy atom. The minimum absolute atomic E-state index is 0.0914. The SMILES string of the molecule is CCNC(=O)C(CC)N(Cc1ccc(Cl)c(Cl)c1)C(=O)Cc1ccc(Cl)c(Cl)c1. The third kappa shape index (κ3) is 6.51. The quantitative estimate of drug-likeness (QED) is 0.525. The minimum Gasteiger partial charge on any atom is -0.355 e. The van der Waals surface area contributed by atoms with Gasteiger partial charge >= 0.3 is 0 Å². The molecule has 2 aromatic carbocycles. The monoisotopic (exact) mass is 474 g/mol. The minimum atomic E-state index is -0.611. The van der Waals surface area contributed by atoms with Crippen molar-refractivity contribution >= 4 is 58.2 Å². The average Bonchev–Trinajstić information content (AvgIpc) is 2.67. The van der Waals surface area contributed by atoms with E-state index in [2.05, 4.69) is 5.32 Å². The van der Waals surface area contributed by atoms with E-state index >= 15 is 0 Å². The highest BCUT2D eigenvalue weighted by molar-refractivity contribution is 6.42. The summed E-state index contributed by atoms with van der Waals surface area (Å²) in [5.41, 5.74) is 1.50. The maximum atomic E-state index is 13.2. The van der Waals surface area contributed by atoms with Gasteiger partial charge in [-0.15, -0.1) is 0 Å². The maximum absolute atomic E-state index is 13.2. The molecule has 0 radical (unpaired) electrons. The van der Waals surface area contributed by atoms with Crippen LogP contribution in [0.5, 0.6) is 0 Å². The van der Waals surface area contributed by atoms with E-state index in [4.69, 9.17) is 46.4 Å². The zero-order valence-electron chi connectivity index (χ0n) is 16.1. The third-order valence-corrected chi connectivity index (χ3v) is 5.89. The molecule has 2 rings (SSSR count). The number of nitrogens with zero attached hydrogens (tertiary/aromatic N) is 1. The van der Waals surface area contributed by atoms with Crippen LogP contribution in [0.25, 0.3) is 0 Å². The molecule has 0 saturated heterocycles. The molecule has 29 heavy (non-hydrogen) atoms. The fourth-order valence-electron chi connectivity index (χ4n) is 2.97. The molecule has 156 valence electrons. The number of amides is 2. The summed E-state index contributed by atoms with van der Waals surface area (Å²) in [5.74, 6) is -0.398. The van der Waals surface area contributed by atoms with Crippen LogP contribution in [-0.2, 0) is 22.6 Å². The summed E-state index contributed by atoms with van der Waals surface area (Å²) in [6.45, 7) is 4.42. The number of likely N-dealkylation sites (N-methyl/N-ethyl adjacent to an activating group) is 1. The van der Waals surface area contributed by atoms with Crippen LogP contribution in [0.3, 0.4) is 0 Å². The summed E-state index contributed by atoms with van der Waals surface area (Å²) in [5, 5.41) is 4.43. The molecule has 1 N–H and O–H groups in total. The summed E-state index contributed by atoms with van der Waals surface area (Å²) in [7, 11) is 0. The van der Waals surface area contributed by atoms with Crippen molar-refractivity contribution in [2.45, 2.75) is 39.3 Å². The van der Waals surface area contributed by atoms with E-state index < -0.39 is 6.04 Å². The first kappa shape index (κ1) is 23.8. The van der Waals surface area contributed by atoms with Crippen LogP contribution in [0, 0.1) is 0 Å². The fourth-order valence-corrected chi connectivity index (χ4v) is 3.61. The third-order valence-electron chi connectivity index (χ3n) is 4.41. The van der Waals surface area contributed by atoms with Gasteiger partial charge in [0.2, 0.25) is 11.8 Å². The number of hydrogen-bond acceptors (Lipinski definition) is 2. The Bertz CT molecular complexity index is 889. The van der Waals surface area contributed by atoms with Crippen molar-refractivity contribution in [3.8, 4) is 0 Å². The van der Waals surface area contributed by atoms with Crippen molar-refractivity contribution in [1.29, 1.82) is 0 Å². The number of nitrogens with one attached hydrogen (secondary N) is 1. The molecule has 0 aliphatic heterocycles. The van der Waals surface area contributed by atoms with Crippen LogP contribution in [0.2, 0.25) is 20.1 Å². The van der Waals surface area contributed by atoms with Gasteiger partial charge in [-0.05, 0) is 48.7 Å². The Morgan fingerprint density at radius 3 is 1.97 bits per heavy atom. The molecule has 2 aromatic rings. The summed E-state index contributed by atoms with van der Waals surface area (Å²) >= 11 is 24.2. The number of halogens is 4. The van der Waals surface area contributed by atoms with E-state index in [-0.39, 0.29) is 24.8 Å². The van der Waals surface area contributed by atoms with E-state index in [1.165, 1.54) is 0 Å².